The molecule has 0 heterocycles. The van der Waals surface area contributed by atoms with Crippen molar-refractivity contribution in [3.8, 4) is 0 Å². The number of halogens is 1. The van der Waals surface area contributed by atoms with Crippen LogP contribution in [0.2, 0.25) is 10.6 Å². The predicted molar refractivity (Wildman–Crippen MR) is 54.4 cm³/mol. The Bertz CT molecular complexity index is 58.9. The van der Waals surface area contributed by atoms with E-state index in [4.69, 9.17) is 0 Å². The molecule has 0 aliphatic rings. The van der Waals surface area contributed by atoms with Gasteiger partial charge in [0.1, 0.15) is 0 Å². The maximum atomic E-state index is 2.31. The molecule has 0 amide bonds. The Morgan fingerprint density at radius 3 is 2.00 bits per heavy atom. The van der Waals surface area contributed by atoms with Gasteiger partial charge in [-0.1, -0.05) is 0 Å². The van der Waals surface area contributed by atoms with Gasteiger partial charge in [0.05, 0.1) is 0 Å². The molecule has 0 nitrogen and oxygen atoms in total. The van der Waals surface area contributed by atoms with Gasteiger partial charge in [-0.05, 0) is 0 Å². The minimum Gasteiger partial charge on any atom is -1.00 e. The second-order valence-corrected chi connectivity index (χ2v) is 5.22. The minimum atomic E-state index is 0. The zero-order valence-corrected chi connectivity index (χ0v) is 10.5. The van der Waals surface area contributed by atoms with E-state index >= 15 is 0 Å². The molecular formula is C10H22AlCl. The molecule has 0 aliphatic heterocycles. The Labute approximate surface area is 90.6 Å². The smallest absolute Gasteiger partial charge is 1.00 e. The van der Waals surface area contributed by atoms with Crippen molar-refractivity contribution in [2.45, 2.75) is 62.9 Å². The fourth-order valence-electron chi connectivity index (χ4n) is 1.27. The third kappa shape index (κ3) is 13.4. The standard InChI is InChI=1S/C8H17.C2H5.Al.ClH/c1-3-5-7-8-6-4-2;1-2;;/h1,3-8H2,2H3;1H2,2H3;;1H/q;;+1;/p-1. The topological polar surface area (TPSA) is 0 Å². The molecule has 0 bridgehead atoms. The van der Waals surface area contributed by atoms with Crippen molar-refractivity contribution in [2.75, 3.05) is 0 Å². The maximum absolute atomic E-state index is 2.31. The summed E-state index contributed by atoms with van der Waals surface area (Å²) in [6.45, 7) is 4.59. The van der Waals surface area contributed by atoms with E-state index in [-0.39, 0.29) is 12.4 Å². The molecule has 0 atom stereocenters. The molecule has 0 radical (unpaired) electrons. The van der Waals surface area contributed by atoms with E-state index in [2.05, 4.69) is 13.8 Å². The zero-order chi connectivity index (χ0) is 8.36. The van der Waals surface area contributed by atoms with Crippen molar-refractivity contribution in [1.82, 2.24) is 0 Å². The number of hydrogen-bond donors (Lipinski definition) is 0. The molecule has 0 unspecified atom stereocenters. The average molecular weight is 205 g/mol. The van der Waals surface area contributed by atoms with Gasteiger partial charge in [0.25, 0.3) is 0 Å². The molecule has 0 saturated heterocycles. The van der Waals surface area contributed by atoms with Gasteiger partial charge in [-0.2, -0.15) is 0 Å². The Morgan fingerprint density at radius 1 is 0.833 bits per heavy atom. The largest absolute Gasteiger partial charge is 1.00 e. The molecule has 0 aliphatic carbocycles. The van der Waals surface area contributed by atoms with Gasteiger partial charge < -0.3 is 12.4 Å². The first-order valence-corrected chi connectivity index (χ1v) is 6.86. The molecular weight excluding hydrogens is 183 g/mol. The first kappa shape index (κ1) is 15.3. The fraction of sp³-hybridized carbons (Fsp3) is 1.00. The second kappa shape index (κ2) is 14.4. The molecule has 0 aromatic carbocycles. The van der Waals surface area contributed by atoms with Gasteiger partial charge in [-0.15, -0.1) is 0 Å². The first-order chi connectivity index (χ1) is 5.41. The average Bonchev–Trinajstić information content (AvgIpc) is 2.03. The predicted octanol–water partition coefficient (Wildman–Crippen LogP) is 0.912. The Morgan fingerprint density at radius 2 is 1.42 bits per heavy atom. The Kier molecular flexibility index (Phi) is 18.3. The third-order valence-corrected chi connectivity index (χ3v) is 3.44. The summed E-state index contributed by atoms with van der Waals surface area (Å²) in [6.07, 6.45) is 8.77. The van der Waals surface area contributed by atoms with Crippen LogP contribution >= 0.6 is 0 Å². The Balaban J connectivity index is 0. The van der Waals surface area contributed by atoms with Gasteiger partial charge >= 0.3 is 78.2 Å². The number of rotatable bonds is 8. The van der Waals surface area contributed by atoms with E-state index in [1.54, 1.807) is 5.28 Å². The summed E-state index contributed by atoms with van der Waals surface area (Å²) in [7, 11) is 0. The van der Waals surface area contributed by atoms with Crippen LogP contribution in [0.1, 0.15) is 52.4 Å². The van der Waals surface area contributed by atoms with Crippen LogP contribution in [0.15, 0.2) is 0 Å². The normalized spacial score (nSPS) is 8.83. The van der Waals surface area contributed by atoms with Crippen LogP contribution in [0, 0.1) is 0 Å². The minimum absolute atomic E-state index is 0. The monoisotopic (exact) mass is 204 g/mol. The summed E-state index contributed by atoms with van der Waals surface area (Å²) < 4.78 is 0. The van der Waals surface area contributed by atoms with Crippen molar-refractivity contribution < 1.29 is 12.4 Å². The molecule has 12 heavy (non-hydrogen) atoms. The van der Waals surface area contributed by atoms with Crippen LogP contribution in [0.4, 0.5) is 0 Å². The van der Waals surface area contributed by atoms with Crippen molar-refractivity contribution in [2.24, 2.45) is 0 Å². The molecule has 0 aromatic rings. The van der Waals surface area contributed by atoms with E-state index in [1.807, 2.05) is 0 Å². The summed E-state index contributed by atoms with van der Waals surface area (Å²) in [5, 5.41) is 3.00. The second-order valence-electron chi connectivity index (χ2n) is 3.25. The van der Waals surface area contributed by atoms with Crippen LogP contribution < -0.4 is 12.4 Å². The summed E-state index contributed by atoms with van der Waals surface area (Å²) in [5.41, 5.74) is 0. The number of hydrogen-bond acceptors (Lipinski definition) is 0. The van der Waals surface area contributed by atoms with Crippen molar-refractivity contribution in [1.29, 1.82) is 0 Å². The summed E-state index contributed by atoms with van der Waals surface area (Å²) in [4.78, 5) is 0. The van der Waals surface area contributed by atoms with Gasteiger partial charge in [-0.25, -0.2) is 0 Å². The van der Waals surface area contributed by atoms with Crippen LogP contribution in [0.25, 0.3) is 0 Å². The van der Waals surface area contributed by atoms with Crippen molar-refractivity contribution in [3.05, 3.63) is 0 Å². The van der Waals surface area contributed by atoms with Gasteiger partial charge in [0.15, 0.2) is 0 Å². The van der Waals surface area contributed by atoms with Gasteiger partial charge in [0.2, 0.25) is 0 Å². The van der Waals surface area contributed by atoms with Crippen LogP contribution in [-0.4, -0.2) is 15.2 Å². The van der Waals surface area contributed by atoms with E-state index in [1.165, 1.54) is 43.8 Å². The molecule has 0 rings (SSSR count). The van der Waals surface area contributed by atoms with E-state index in [0.717, 1.165) is 15.2 Å². The first-order valence-electron chi connectivity index (χ1n) is 5.23. The summed E-state index contributed by atoms with van der Waals surface area (Å²) in [5.74, 6) is 0. The molecule has 0 spiro atoms. The van der Waals surface area contributed by atoms with E-state index < -0.39 is 0 Å². The summed E-state index contributed by atoms with van der Waals surface area (Å²) in [6, 6.07) is 0. The molecule has 2 heteroatoms. The van der Waals surface area contributed by atoms with Crippen molar-refractivity contribution in [3.63, 3.8) is 0 Å². The SMILES string of the molecule is CCCCCCC[CH2][Al+][CH2]C.[Cl-]. The van der Waals surface area contributed by atoms with Gasteiger partial charge in [-0.3, -0.25) is 0 Å². The van der Waals surface area contributed by atoms with E-state index in [9.17, 15) is 0 Å². The van der Waals surface area contributed by atoms with Crippen LogP contribution in [0.3, 0.4) is 0 Å². The molecule has 0 fully saturated rings. The van der Waals surface area contributed by atoms with Gasteiger partial charge in [0, 0.05) is 0 Å². The van der Waals surface area contributed by atoms with Crippen LogP contribution in [0.5, 0.6) is 0 Å². The number of unbranched alkanes of at least 4 members (excludes halogenated alkanes) is 5. The van der Waals surface area contributed by atoms with Crippen LogP contribution in [-0.2, 0) is 0 Å². The maximum Gasteiger partial charge on any atom is -1.00 e. The van der Waals surface area contributed by atoms with Crippen molar-refractivity contribution >= 4 is 15.2 Å². The Hall–Kier alpha value is 0.822. The molecule has 0 saturated carbocycles. The molecule has 72 valence electrons. The third-order valence-electron chi connectivity index (χ3n) is 2.05. The van der Waals surface area contributed by atoms with E-state index in [0.29, 0.717) is 0 Å². The summed E-state index contributed by atoms with van der Waals surface area (Å²) >= 11 is 0.805. The zero-order valence-electron chi connectivity index (χ0n) is 8.61. The molecule has 0 N–H and O–H groups in total. The molecule has 0 aromatic heterocycles. The fourth-order valence-corrected chi connectivity index (χ4v) is 2.26. The quantitative estimate of drug-likeness (QED) is 0.408.